The number of hydrogen-bond donors (Lipinski definition) is 1. The van der Waals surface area contributed by atoms with E-state index in [0.717, 1.165) is 36.1 Å². The molecule has 0 aliphatic heterocycles. The molecule has 0 heterocycles. The van der Waals surface area contributed by atoms with Crippen LogP contribution in [0.25, 0.3) is 0 Å². The highest BCUT2D eigenvalue weighted by atomic mass is 32.2. The summed E-state index contributed by atoms with van der Waals surface area (Å²) >= 11 is 4.21. The molecule has 1 aliphatic rings. The van der Waals surface area contributed by atoms with Crippen LogP contribution < -0.4 is 0 Å². The van der Waals surface area contributed by atoms with E-state index in [0.29, 0.717) is 5.75 Å². The third-order valence-electron chi connectivity index (χ3n) is 6.53. The summed E-state index contributed by atoms with van der Waals surface area (Å²) in [5.41, 5.74) is 6.43. The van der Waals surface area contributed by atoms with Gasteiger partial charge in [-0.25, -0.2) is 0 Å². The van der Waals surface area contributed by atoms with E-state index < -0.39 is 0 Å². The van der Waals surface area contributed by atoms with Crippen molar-refractivity contribution in [2.75, 3.05) is 5.75 Å². The molecule has 1 N–H and O–H groups in total. The average molecular weight is 487 g/mol. The van der Waals surface area contributed by atoms with Gasteiger partial charge in [-0.3, -0.25) is 0 Å². The Morgan fingerprint density at radius 2 is 1.39 bits per heavy atom. The normalized spacial score (nSPS) is 17.0. The minimum Gasteiger partial charge on any atom is -0.507 e. The Balaban J connectivity index is 1.94. The van der Waals surface area contributed by atoms with Crippen LogP contribution in [0.5, 0.6) is 5.75 Å². The summed E-state index contributed by atoms with van der Waals surface area (Å²) < 4.78 is 0.255. The number of allylic oxidation sites excluding steroid dienone is 5. The van der Waals surface area contributed by atoms with Crippen LogP contribution in [0, 0.1) is 13.8 Å². The van der Waals surface area contributed by atoms with E-state index in [-0.39, 0.29) is 4.08 Å². The zero-order valence-electron chi connectivity index (χ0n) is 21.9. The second-order valence-corrected chi connectivity index (χ2v) is 13.2. The SMILES string of the molecule is CC(C)=CCCC(C)=CCCC(C)=CCSC1(Sc2cc(C)c(O)c(C)c2)CCCCCC1. The predicted octanol–water partition coefficient (Wildman–Crippen LogP) is 10.3. The molecule has 1 saturated carbocycles. The summed E-state index contributed by atoms with van der Waals surface area (Å²) in [6.45, 7) is 13.0. The Kier molecular flexibility index (Phi) is 12.3. The van der Waals surface area contributed by atoms with Crippen LogP contribution in [0.4, 0.5) is 0 Å². The van der Waals surface area contributed by atoms with E-state index in [1.165, 1.54) is 66.6 Å². The van der Waals surface area contributed by atoms with Crippen molar-refractivity contribution < 1.29 is 5.11 Å². The van der Waals surface area contributed by atoms with Crippen LogP contribution >= 0.6 is 23.5 Å². The summed E-state index contributed by atoms with van der Waals surface area (Å²) in [6, 6.07) is 4.35. The van der Waals surface area contributed by atoms with Crippen LogP contribution in [0.2, 0.25) is 0 Å². The molecular weight excluding hydrogens is 440 g/mol. The summed E-state index contributed by atoms with van der Waals surface area (Å²) in [4.78, 5) is 1.31. The van der Waals surface area contributed by atoms with E-state index in [1.54, 1.807) is 0 Å². The lowest BCUT2D eigenvalue weighted by molar-refractivity contribution is 0.466. The largest absolute Gasteiger partial charge is 0.507 e. The van der Waals surface area contributed by atoms with Gasteiger partial charge in [-0.2, -0.15) is 0 Å². The highest BCUT2D eigenvalue weighted by molar-refractivity contribution is 8.18. The first-order valence-corrected chi connectivity index (χ1v) is 14.6. The van der Waals surface area contributed by atoms with Crippen molar-refractivity contribution in [3.63, 3.8) is 0 Å². The molecular formula is C30H46OS2. The molecule has 0 amide bonds. The average Bonchev–Trinajstić information content (AvgIpc) is 2.97. The Morgan fingerprint density at radius 3 is 1.97 bits per heavy atom. The molecule has 3 heteroatoms. The zero-order chi connectivity index (χ0) is 24.3. The lowest BCUT2D eigenvalue weighted by Crippen LogP contribution is -2.19. The van der Waals surface area contributed by atoms with Gasteiger partial charge < -0.3 is 5.11 Å². The molecule has 2 rings (SSSR count). The van der Waals surface area contributed by atoms with Crippen molar-refractivity contribution in [3.05, 3.63) is 58.2 Å². The lowest BCUT2D eigenvalue weighted by atomic mass is 10.1. The van der Waals surface area contributed by atoms with Crippen molar-refractivity contribution in [2.24, 2.45) is 0 Å². The summed E-state index contributed by atoms with van der Waals surface area (Å²) in [6.07, 6.45) is 19.8. The molecule has 1 aromatic carbocycles. The van der Waals surface area contributed by atoms with Crippen LogP contribution in [-0.2, 0) is 0 Å². The minimum absolute atomic E-state index is 0.255. The molecule has 1 aliphatic carbocycles. The molecule has 33 heavy (non-hydrogen) atoms. The zero-order valence-corrected chi connectivity index (χ0v) is 23.6. The van der Waals surface area contributed by atoms with Crippen LogP contribution in [0.3, 0.4) is 0 Å². The second-order valence-electron chi connectivity index (χ2n) is 10.1. The van der Waals surface area contributed by atoms with Gasteiger partial charge in [0.2, 0.25) is 0 Å². The topological polar surface area (TPSA) is 20.2 Å². The van der Waals surface area contributed by atoms with E-state index in [2.05, 4.69) is 81.6 Å². The van der Waals surface area contributed by atoms with Crippen LogP contribution in [0.15, 0.2) is 52.0 Å². The van der Waals surface area contributed by atoms with Gasteiger partial charge in [0.25, 0.3) is 0 Å². The Bertz CT molecular complexity index is 812. The number of benzene rings is 1. The van der Waals surface area contributed by atoms with E-state index in [4.69, 9.17) is 0 Å². The monoisotopic (exact) mass is 486 g/mol. The third kappa shape index (κ3) is 10.4. The highest BCUT2D eigenvalue weighted by Gasteiger charge is 2.32. The van der Waals surface area contributed by atoms with Gasteiger partial charge >= 0.3 is 0 Å². The summed E-state index contributed by atoms with van der Waals surface area (Å²) in [5.74, 6) is 1.54. The fourth-order valence-corrected chi connectivity index (χ4v) is 7.78. The van der Waals surface area contributed by atoms with Gasteiger partial charge in [-0.1, -0.05) is 60.6 Å². The van der Waals surface area contributed by atoms with Crippen molar-refractivity contribution in [2.45, 2.75) is 115 Å². The number of thioether (sulfide) groups is 2. The summed E-state index contributed by atoms with van der Waals surface area (Å²) in [7, 11) is 0. The van der Waals surface area contributed by atoms with Crippen LogP contribution in [0.1, 0.15) is 103 Å². The number of phenols is 1. The van der Waals surface area contributed by atoms with Crippen LogP contribution in [-0.4, -0.2) is 14.9 Å². The number of phenolic OH excluding ortho intramolecular Hbond substituents is 1. The molecule has 1 fully saturated rings. The Hall–Kier alpha value is -1.06. The van der Waals surface area contributed by atoms with Gasteiger partial charge in [0.05, 0.1) is 4.08 Å². The molecule has 0 radical (unpaired) electrons. The first-order valence-electron chi connectivity index (χ1n) is 12.8. The molecule has 0 atom stereocenters. The van der Waals surface area contributed by atoms with Crippen molar-refractivity contribution >= 4 is 23.5 Å². The molecule has 0 bridgehead atoms. The third-order valence-corrected chi connectivity index (χ3v) is 9.66. The standard InChI is InChI=1S/C30H46OS2/c1-23(2)13-11-14-24(3)15-12-16-25(4)17-20-32-30(18-9-7-8-10-19-30)33-28-21-26(5)29(31)27(6)22-28/h13,15,17,21-22,31H,7-12,14,16,18-20H2,1-6H3. The molecule has 184 valence electrons. The maximum absolute atomic E-state index is 10.2. The maximum atomic E-state index is 10.2. The van der Waals surface area contributed by atoms with Gasteiger partial charge in [0.15, 0.2) is 0 Å². The smallest absolute Gasteiger partial charge is 0.121 e. The fraction of sp³-hybridized carbons (Fsp3) is 0.600. The second kappa shape index (κ2) is 14.4. The van der Waals surface area contributed by atoms with E-state index >= 15 is 0 Å². The van der Waals surface area contributed by atoms with Gasteiger partial charge in [0, 0.05) is 10.6 Å². The number of aryl methyl sites for hydroxylation is 2. The molecule has 1 nitrogen and oxygen atoms in total. The number of aromatic hydroxyl groups is 1. The maximum Gasteiger partial charge on any atom is 0.121 e. The quantitative estimate of drug-likeness (QED) is 0.191. The van der Waals surface area contributed by atoms with Crippen molar-refractivity contribution in [3.8, 4) is 5.75 Å². The lowest BCUT2D eigenvalue weighted by Gasteiger charge is -2.32. The van der Waals surface area contributed by atoms with Crippen molar-refractivity contribution in [1.29, 1.82) is 0 Å². The van der Waals surface area contributed by atoms with Gasteiger partial charge in [0.1, 0.15) is 5.75 Å². The first kappa shape index (κ1) is 28.2. The molecule has 0 unspecified atom stereocenters. The highest BCUT2D eigenvalue weighted by Crippen LogP contribution is 2.51. The van der Waals surface area contributed by atoms with E-state index in [9.17, 15) is 5.11 Å². The number of hydrogen-bond acceptors (Lipinski definition) is 3. The molecule has 0 aromatic heterocycles. The summed E-state index contributed by atoms with van der Waals surface area (Å²) in [5, 5.41) is 10.2. The molecule has 0 saturated heterocycles. The number of rotatable bonds is 11. The molecule has 0 spiro atoms. The minimum atomic E-state index is 0.255. The Labute approximate surface area is 212 Å². The predicted molar refractivity (Wildman–Crippen MR) is 152 cm³/mol. The fourth-order valence-electron chi connectivity index (χ4n) is 4.41. The van der Waals surface area contributed by atoms with Crippen molar-refractivity contribution in [1.82, 2.24) is 0 Å². The van der Waals surface area contributed by atoms with Gasteiger partial charge in [-0.15, -0.1) is 23.5 Å². The first-order chi connectivity index (χ1) is 15.7. The Morgan fingerprint density at radius 1 is 0.848 bits per heavy atom. The van der Waals surface area contributed by atoms with E-state index in [1.807, 2.05) is 13.8 Å². The van der Waals surface area contributed by atoms with Gasteiger partial charge in [-0.05, 0) is 103 Å². The molecule has 1 aromatic rings.